The Morgan fingerprint density at radius 3 is 2.27 bits per heavy atom. The summed E-state index contributed by atoms with van der Waals surface area (Å²) < 4.78 is 5.79. The first kappa shape index (κ1) is 17.2. The molecule has 1 atom stereocenters. The van der Waals surface area contributed by atoms with Crippen molar-refractivity contribution in [3.8, 4) is 0 Å². The number of thiol groups is 1. The van der Waals surface area contributed by atoms with Gasteiger partial charge in [0.05, 0.1) is 12.6 Å². The van der Waals surface area contributed by atoms with Gasteiger partial charge in [-0.15, -0.1) is 0 Å². The van der Waals surface area contributed by atoms with Crippen molar-refractivity contribution in [2.24, 2.45) is 5.92 Å². The van der Waals surface area contributed by atoms with Crippen LogP contribution in [0.5, 0.6) is 0 Å². The molecule has 1 unspecified atom stereocenters. The van der Waals surface area contributed by atoms with Gasteiger partial charge in [0, 0.05) is 19.7 Å². The van der Waals surface area contributed by atoms with Crippen molar-refractivity contribution in [2.75, 3.05) is 0 Å². The van der Waals surface area contributed by atoms with Gasteiger partial charge in [0.15, 0.2) is 0 Å². The van der Waals surface area contributed by atoms with E-state index in [-0.39, 0.29) is 6.10 Å². The summed E-state index contributed by atoms with van der Waals surface area (Å²) in [5.41, 5.74) is 0. The summed E-state index contributed by atoms with van der Waals surface area (Å²) in [5, 5.41) is 0. The minimum atomic E-state index is -1.83. The average molecular weight is 341 g/mol. The van der Waals surface area contributed by atoms with Gasteiger partial charge < -0.3 is 0 Å². The lowest BCUT2D eigenvalue weighted by Gasteiger charge is -2.23. The molecule has 0 radical (unpaired) electrons. The summed E-state index contributed by atoms with van der Waals surface area (Å²) in [6.07, 6.45) is 2.37. The first-order valence-corrected chi connectivity index (χ1v) is 13.0. The third-order valence-corrected chi connectivity index (χ3v) is 13.2. The zero-order valence-electron chi connectivity index (χ0n) is 8.87. The molecule has 0 amide bonds. The molecule has 0 aromatic rings. The van der Waals surface area contributed by atoms with Crippen LogP contribution in [-0.2, 0) is 33.0 Å². The average Bonchev–Trinajstić information content (AvgIpc) is 2.16. The van der Waals surface area contributed by atoms with Gasteiger partial charge in [-0.05, 0) is 45.0 Å². The monoisotopic (exact) mass is 340 g/mol. The molecule has 0 N–H and O–H groups in total. The fourth-order valence-electron chi connectivity index (χ4n) is 1.28. The molecule has 0 heterocycles. The second-order valence-electron chi connectivity index (χ2n) is 3.00. The molecule has 0 aliphatic heterocycles. The van der Waals surface area contributed by atoms with E-state index in [1.807, 2.05) is 0 Å². The summed E-state index contributed by atoms with van der Waals surface area (Å²) in [4.78, 5) is 0. The minimum absolute atomic E-state index is 0.156. The van der Waals surface area contributed by atoms with Crippen molar-refractivity contribution >= 4 is 70.0 Å². The van der Waals surface area contributed by atoms with E-state index in [9.17, 15) is 0 Å². The molecule has 8 heteroatoms. The molecule has 15 heavy (non-hydrogen) atoms. The van der Waals surface area contributed by atoms with Gasteiger partial charge in [0.25, 0.3) is 0 Å². The quantitative estimate of drug-likeness (QED) is 0.507. The Hall–Kier alpha value is 2.15. The number of hydrogen-bond donors (Lipinski definition) is 1. The van der Waals surface area contributed by atoms with Crippen LogP contribution >= 0.6 is 41.1 Å². The van der Waals surface area contributed by atoms with Gasteiger partial charge in [0.2, 0.25) is 0 Å². The second-order valence-corrected chi connectivity index (χ2v) is 15.6. The molecule has 0 bridgehead atoms. The number of hydrogen-bond acceptors (Lipinski definition) is 7. The van der Waals surface area contributed by atoms with E-state index in [1.165, 1.54) is 29.5 Å². The topological polar surface area (TPSA) is 9.23 Å². The molecule has 0 fully saturated rings. The molecule has 0 spiro atoms. The first-order valence-electron chi connectivity index (χ1n) is 4.56. The Morgan fingerprint density at radius 2 is 1.87 bits per heavy atom. The molecule has 0 saturated carbocycles. The minimum Gasteiger partial charge on any atom is -0.298 e. The third-order valence-electron chi connectivity index (χ3n) is 2.12. The summed E-state index contributed by atoms with van der Waals surface area (Å²) in [7, 11) is 4.28. The van der Waals surface area contributed by atoms with Gasteiger partial charge in [-0.1, -0.05) is 38.3 Å². The van der Waals surface area contributed by atoms with Gasteiger partial charge in [-0.25, -0.2) is 0 Å². The highest BCUT2D eigenvalue weighted by molar-refractivity contribution is 9.37. The van der Waals surface area contributed by atoms with Crippen molar-refractivity contribution < 1.29 is 4.18 Å². The lowest BCUT2D eigenvalue weighted by atomic mass is 9.98. The van der Waals surface area contributed by atoms with Crippen LogP contribution in [0.4, 0.5) is 0 Å². The van der Waals surface area contributed by atoms with Crippen LogP contribution in [0.3, 0.4) is 0 Å². The highest BCUT2D eigenvalue weighted by Gasteiger charge is 2.18. The van der Waals surface area contributed by atoms with Crippen molar-refractivity contribution in [3.05, 3.63) is 0 Å². The zero-order chi connectivity index (χ0) is 11.9. The maximum absolute atomic E-state index is 5.79. The van der Waals surface area contributed by atoms with Crippen LogP contribution in [0.25, 0.3) is 0 Å². The smallest absolute Gasteiger partial charge is 0.0823 e. The van der Waals surface area contributed by atoms with Crippen molar-refractivity contribution in [2.45, 2.75) is 39.7 Å². The summed E-state index contributed by atoms with van der Waals surface area (Å²) in [6.45, 7) is 4.57. The molecule has 0 aliphatic carbocycles. The Balaban J connectivity index is 4.19. The molecule has 0 aliphatic rings. The zero-order valence-corrected chi connectivity index (χ0v) is 14.7. The Labute approximate surface area is 119 Å². The maximum Gasteiger partial charge on any atom is 0.0823 e. The summed E-state index contributed by atoms with van der Waals surface area (Å²) in [6, 6.07) is 0. The normalized spacial score (nSPS) is 14.5. The summed E-state index contributed by atoms with van der Waals surface area (Å²) in [5.74, 6) is 0.553. The maximum atomic E-state index is 5.79. The van der Waals surface area contributed by atoms with E-state index in [0.717, 1.165) is 12.8 Å². The number of rotatable bonds is 8. The van der Waals surface area contributed by atoms with E-state index >= 15 is 0 Å². The molecular weight excluding hydrogens is 325 g/mol. The van der Waals surface area contributed by atoms with Crippen LogP contribution in [0.1, 0.15) is 33.6 Å². The van der Waals surface area contributed by atoms with Gasteiger partial charge in [-0.3, -0.25) is 4.18 Å². The standard InChI is InChI=1S/C7H16OS7/c1-4-7(5-2)6(3)8-15(10,11)14-13-12-9/h6-7,9H,4-5H2,1-3H3. The molecule has 1 nitrogen and oxygen atoms in total. The highest BCUT2D eigenvalue weighted by Crippen LogP contribution is 2.42. The van der Waals surface area contributed by atoms with Crippen LogP contribution in [-0.4, -0.2) is 6.10 Å². The largest absolute Gasteiger partial charge is 0.298 e. The van der Waals surface area contributed by atoms with Crippen molar-refractivity contribution in [1.29, 1.82) is 0 Å². The van der Waals surface area contributed by atoms with E-state index in [1.54, 1.807) is 0 Å². The van der Waals surface area contributed by atoms with Crippen molar-refractivity contribution in [1.82, 2.24) is 0 Å². The lowest BCUT2D eigenvalue weighted by Crippen LogP contribution is -2.20. The Kier molecular flexibility index (Phi) is 10.4. The van der Waals surface area contributed by atoms with Crippen LogP contribution < -0.4 is 0 Å². The molecule has 92 valence electrons. The Bertz CT molecular complexity index is 246. The molecule has 0 rings (SSSR count). The SMILES string of the molecule is CCC(CC)C(C)OS(=S)(=S)SSSS. The predicted octanol–water partition coefficient (Wildman–Crippen LogP) is 4.61. The van der Waals surface area contributed by atoms with Crippen LogP contribution in [0.2, 0.25) is 0 Å². The second kappa shape index (κ2) is 9.13. The van der Waals surface area contributed by atoms with Crippen molar-refractivity contribution in [3.63, 3.8) is 0 Å². The molecule has 0 aromatic carbocycles. The van der Waals surface area contributed by atoms with E-state index < -0.39 is 6.46 Å². The first-order chi connectivity index (χ1) is 6.96. The highest BCUT2D eigenvalue weighted by atomic mass is 33.9. The molecule has 0 aromatic heterocycles. The van der Waals surface area contributed by atoms with Crippen LogP contribution in [0, 0.1) is 5.92 Å². The lowest BCUT2D eigenvalue weighted by molar-refractivity contribution is 0.173. The van der Waals surface area contributed by atoms with E-state index in [0.29, 0.717) is 5.92 Å². The van der Waals surface area contributed by atoms with Gasteiger partial charge in [0.1, 0.15) is 0 Å². The predicted molar refractivity (Wildman–Crippen MR) is 88.5 cm³/mol. The molecular formula is C7H16OS7. The van der Waals surface area contributed by atoms with Gasteiger partial charge in [-0.2, -0.15) is 0 Å². The Morgan fingerprint density at radius 1 is 1.33 bits per heavy atom. The summed E-state index contributed by atoms with van der Waals surface area (Å²) >= 11 is 14.6. The third kappa shape index (κ3) is 7.96. The van der Waals surface area contributed by atoms with Crippen LogP contribution in [0.15, 0.2) is 0 Å². The van der Waals surface area contributed by atoms with E-state index in [2.05, 4.69) is 32.4 Å². The fraction of sp³-hybridized carbons (Fsp3) is 1.00. The van der Waals surface area contributed by atoms with E-state index in [4.69, 9.17) is 26.6 Å². The van der Waals surface area contributed by atoms with Gasteiger partial charge >= 0.3 is 0 Å². The molecule has 0 saturated heterocycles. The fourth-order valence-corrected chi connectivity index (χ4v) is 12.7.